The summed E-state index contributed by atoms with van der Waals surface area (Å²) in [7, 11) is 0. The van der Waals surface area contributed by atoms with E-state index < -0.39 is 0 Å². The van der Waals surface area contributed by atoms with Crippen LogP contribution in [0.15, 0.2) is 42.9 Å². The van der Waals surface area contributed by atoms with Crippen LogP contribution < -0.4 is 5.32 Å². The van der Waals surface area contributed by atoms with E-state index in [2.05, 4.69) is 44.5 Å². The van der Waals surface area contributed by atoms with Gasteiger partial charge in [0.2, 0.25) is 0 Å². The molecule has 2 heterocycles. The van der Waals surface area contributed by atoms with Gasteiger partial charge in [-0.25, -0.2) is 4.98 Å². The van der Waals surface area contributed by atoms with E-state index in [-0.39, 0.29) is 6.61 Å². The van der Waals surface area contributed by atoms with E-state index in [1.807, 2.05) is 0 Å². The molecule has 0 saturated carbocycles. The Labute approximate surface area is 131 Å². The fraction of sp³-hybridized carbons (Fsp3) is 0.412. The van der Waals surface area contributed by atoms with E-state index in [4.69, 9.17) is 0 Å². The molecule has 22 heavy (non-hydrogen) atoms. The van der Waals surface area contributed by atoms with Crippen molar-refractivity contribution in [2.45, 2.75) is 32.0 Å². The third-order valence-corrected chi connectivity index (χ3v) is 4.22. The van der Waals surface area contributed by atoms with Crippen LogP contribution in [0.3, 0.4) is 0 Å². The largest absolute Gasteiger partial charge is 0.395 e. The molecule has 1 aromatic carbocycles. The zero-order chi connectivity index (χ0) is 15.2. The number of hydrogen-bond donors (Lipinski definition) is 2. The van der Waals surface area contributed by atoms with Gasteiger partial charge in [-0.1, -0.05) is 24.3 Å². The van der Waals surface area contributed by atoms with Crippen molar-refractivity contribution in [1.29, 1.82) is 0 Å². The van der Waals surface area contributed by atoms with E-state index in [0.29, 0.717) is 6.04 Å². The molecule has 1 atom stereocenters. The summed E-state index contributed by atoms with van der Waals surface area (Å²) >= 11 is 0. The van der Waals surface area contributed by atoms with Crippen LogP contribution in [0.4, 0.5) is 5.82 Å². The summed E-state index contributed by atoms with van der Waals surface area (Å²) in [5.74, 6) is 0.784. The van der Waals surface area contributed by atoms with Gasteiger partial charge in [-0.05, 0) is 30.5 Å². The summed E-state index contributed by atoms with van der Waals surface area (Å²) in [6.45, 7) is 2.94. The first-order valence-corrected chi connectivity index (χ1v) is 7.78. The summed E-state index contributed by atoms with van der Waals surface area (Å²) in [6.07, 6.45) is 7.35. The number of nitrogens with one attached hydrogen (secondary N) is 1. The second-order valence-electron chi connectivity index (χ2n) is 5.66. The number of benzene rings is 1. The third-order valence-electron chi connectivity index (χ3n) is 4.22. The molecule has 1 aliphatic rings. The van der Waals surface area contributed by atoms with Crippen LogP contribution in [0.5, 0.6) is 0 Å². The van der Waals surface area contributed by atoms with Crippen molar-refractivity contribution in [3.05, 3.63) is 54.0 Å². The Morgan fingerprint density at radius 2 is 2.09 bits per heavy atom. The van der Waals surface area contributed by atoms with Gasteiger partial charge in [-0.3, -0.25) is 9.88 Å². The molecule has 1 saturated heterocycles. The molecular formula is C17H22N4O. The summed E-state index contributed by atoms with van der Waals surface area (Å²) in [5, 5.41) is 12.8. The average molecular weight is 298 g/mol. The molecule has 0 radical (unpaired) electrons. The molecule has 0 spiro atoms. The highest BCUT2D eigenvalue weighted by Crippen LogP contribution is 2.21. The molecule has 1 aromatic heterocycles. The van der Waals surface area contributed by atoms with Gasteiger partial charge in [-0.2, -0.15) is 0 Å². The van der Waals surface area contributed by atoms with Crippen molar-refractivity contribution in [2.75, 3.05) is 18.5 Å². The molecule has 116 valence electrons. The van der Waals surface area contributed by atoms with Gasteiger partial charge in [0.05, 0.1) is 12.8 Å². The molecule has 0 amide bonds. The topological polar surface area (TPSA) is 61.3 Å². The Morgan fingerprint density at radius 1 is 1.23 bits per heavy atom. The number of aliphatic hydroxyl groups is 1. The van der Waals surface area contributed by atoms with Gasteiger partial charge in [0.15, 0.2) is 0 Å². The third kappa shape index (κ3) is 3.61. The summed E-state index contributed by atoms with van der Waals surface area (Å²) < 4.78 is 0. The molecule has 2 N–H and O–H groups in total. The second-order valence-corrected chi connectivity index (χ2v) is 5.66. The lowest BCUT2D eigenvalue weighted by Gasteiger charge is -2.24. The quantitative estimate of drug-likeness (QED) is 0.854. The lowest BCUT2D eigenvalue weighted by atomic mass is 10.1. The highest BCUT2D eigenvalue weighted by atomic mass is 16.3. The summed E-state index contributed by atoms with van der Waals surface area (Å²) in [5.41, 5.74) is 2.57. The highest BCUT2D eigenvalue weighted by Gasteiger charge is 2.24. The maximum Gasteiger partial charge on any atom is 0.144 e. The van der Waals surface area contributed by atoms with Crippen molar-refractivity contribution in [3.63, 3.8) is 0 Å². The number of anilines is 1. The average Bonchev–Trinajstić information content (AvgIpc) is 3.02. The van der Waals surface area contributed by atoms with Gasteiger partial charge >= 0.3 is 0 Å². The number of aliphatic hydroxyl groups excluding tert-OH is 1. The van der Waals surface area contributed by atoms with Crippen LogP contribution in [-0.2, 0) is 13.1 Å². The summed E-state index contributed by atoms with van der Waals surface area (Å²) in [4.78, 5) is 10.7. The van der Waals surface area contributed by atoms with Crippen LogP contribution in [0, 0.1) is 0 Å². The van der Waals surface area contributed by atoms with Crippen LogP contribution >= 0.6 is 0 Å². The van der Waals surface area contributed by atoms with Crippen molar-refractivity contribution >= 4 is 5.82 Å². The van der Waals surface area contributed by atoms with Gasteiger partial charge < -0.3 is 10.4 Å². The van der Waals surface area contributed by atoms with Crippen molar-refractivity contribution in [3.8, 4) is 0 Å². The molecule has 5 nitrogen and oxygen atoms in total. The maximum absolute atomic E-state index is 9.47. The number of aromatic nitrogens is 2. The van der Waals surface area contributed by atoms with Gasteiger partial charge in [-0.15, -0.1) is 0 Å². The molecule has 1 aliphatic heterocycles. The van der Waals surface area contributed by atoms with E-state index >= 15 is 0 Å². The Bertz CT molecular complexity index is 590. The Hall–Kier alpha value is -1.98. The lowest BCUT2D eigenvalue weighted by molar-refractivity contribution is 0.153. The van der Waals surface area contributed by atoms with Crippen LogP contribution in [0.2, 0.25) is 0 Å². The summed E-state index contributed by atoms with van der Waals surface area (Å²) in [6, 6.07) is 8.75. The lowest BCUT2D eigenvalue weighted by Crippen LogP contribution is -2.32. The standard InChI is InChI=1S/C17H22N4O/c22-13-16-6-3-9-21(16)12-15-5-2-1-4-14(15)10-20-17-11-18-7-8-19-17/h1-2,4-5,7-8,11,16,22H,3,6,9-10,12-13H2,(H,19,20)/t16-/m0/s1. The van der Waals surface area contributed by atoms with Gasteiger partial charge in [0.1, 0.15) is 5.82 Å². The number of rotatable bonds is 6. The molecular weight excluding hydrogens is 276 g/mol. The van der Waals surface area contributed by atoms with Gasteiger partial charge in [0, 0.05) is 31.5 Å². The Morgan fingerprint density at radius 3 is 2.86 bits per heavy atom. The molecule has 2 aromatic rings. The molecule has 0 aliphatic carbocycles. The van der Waals surface area contributed by atoms with Crippen molar-refractivity contribution in [1.82, 2.24) is 14.9 Å². The minimum absolute atomic E-state index is 0.250. The monoisotopic (exact) mass is 298 g/mol. The SMILES string of the molecule is OC[C@@H]1CCCN1Cc1ccccc1CNc1cnccn1. The molecule has 0 unspecified atom stereocenters. The minimum Gasteiger partial charge on any atom is -0.395 e. The smallest absolute Gasteiger partial charge is 0.144 e. The molecule has 5 heteroatoms. The fourth-order valence-corrected chi connectivity index (χ4v) is 2.99. The number of likely N-dealkylation sites (tertiary alicyclic amines) is 1. The van der Waals surface area contributed by atoms with E-state index in [1.165, 1.54) is 17.5 Å². The molecule has 0 bridgehead atoms. The van der Waals surface area contributed by atoms with Crippen LogP contribution in [0.1, 0.15) is 24.0 Å². The minimum atomic E-state index is 0.250. The van der Waals surface area contributed by atoms with Crippen LogP contribution in [0.25, 0.3) is 0 Å². The first-order valence-electron chi connectivity index (χ1n) is 7.78. The first kappa shape index (κ1) is 14.9. The first-order chi connectivity index (χ1) is 10.9. The van der Waals surface area contributed by atoms with Gasteiger partial charge in [0.25, 0.3) is 0 Å². The highest BCUT2D eigenvalue weighted by molar-refractivity contribution is 5.35. The van der Waals surface area contributed by atoms with E-state index in [1.54, 1.807) is 18.6 Å². The van der Waals surface area contributed by atoms with Crippen molar-refractivity contribution < 1.29 is 5.11 Å². The predicted molar refractivity (Wildman–Crippen MR) is 86.3 cm³/mol. The van der Waals surface area contributed by atoms with E-state index in [0.717, 1.165) is 31.9 Å². The molecule has 1 fully saturated rings. The number of hydrogen-bond acceptors (Lipinski definition) is 5. The Balaban J connectivity index is 1.67. The molecule has 3 rings (SSSR count). The number of nitrogens with zero attached hydrogens (tertiary/aromatic N) is 3. The van der Waals surface area contributed by atoms with Crippen LogP contribution in [-0.4, -0.2) is 39.2 Å². The zero-order valence-electron chi connectivity index (χ0n) is 12.7. The second kappa shape index (κ2) is 7.33. The predicted octanol–water partition coefficient (Wildman–Crippen LogP) is 2.05. The fourth-order valence-electron chi connectivity index (χ4n) is 2.99. The normalized spacial score (nSPS) is 18.5. The zero-order valence-corrected chi connectivity index (χ0v) is 12.7. The Kier molecular flexibility index (Phi) is 4.98. The van der Waals surface area contributed by atoms with E-state index in [9.17, 15) is 5.11 Å². The maximum atomic E-state index is 9.47. The van der Waals surface area contributed by atoms with Crippen molar-refractivity contribution in [2.24, 2.45) is 0 Å².